The first-order valence-electron chi connectivity index (χ1n) is 9.28. The minimum absolute atomic E-state index is 0.140. The third-order valence-electron chi connectivity index (χ3n) is 4.06. The third kappa shape index (κ3) is 15.8. The van der Waals surface area contributed by atoms with Gasteiger partial charge in [0.15, 0.2) is 0 Å². The Kier molecular flexibility index (Phi) is 16.8. The molecule has 0 saturated carbocycles. The number of hydrogen-bond donors (Lipinski definition) is 1. The zero-order chi connectivity index (χ0) is 17.2. The van der Waals surface area contributed by atoms with Gasteiger partial charge in [-0.3, -0.25) is 10.1 Å². The van der Waals surface area contributed by atoms with Crippen LogP contribution in [0.1, 0.15) is 90.4 Å². The van der Waals surface area contributed by atoms with E-state index in [1.54, 1.807) is 0 Å². The van der Waals surface area contributed by atoms with Gasteiger partial charge in [-0.05, 0) is 25.7 Å². The number of carbonyl (C=O) groups excluding carboxylic acids is 1. The fourth-order valence-corrected chi connectivity index (χ4v) is 2.55. The molecule has 1 N–H and O–H groups in total. The molecule has 0 aromatic heterocycles. The Bertz CT molecular complexity index is 289. The summed E-state index contributed by atoms with van der Waals surface area (Å²) in [5.74, 6) is -0.140. The summed E-state index contributed by atoms with van der Waals surface area (Å²) in [6.07, 6.45) is 18.0. The average molecular weight is 328 g/mol. The molecular formula is C19H36O4. The highest BCUT2D eigenvalue weighted by molar-refractivity contribution is 5.68. The predicted octanol–water partition coefficient (Wildman–Crippen LogP) is 5.67. The van der Waals surface area contributed by atoms with Gasteiger partial charge in [-0.15, -0.1) is 0 Å². The zero-order valence-electron chi connectivity index (χ0n) is 15.1. The van der Waals surface area contributed by atoms with Gasteiger partial charge >= 0.3 is 5.97 Å². The van der Waals surface area contributed by atoms with E-state index in [9.17, 15) is 4.79 Å². The molecule has 0 spiro atoms. The van der Waals surface area contributed by atoms with Crippen LogP contribution in [0.2, 0.25) is 0 Å². The topological polar surface area (TPSA) is 55.8 Å². The lowest BCUT2D eigenvalue weighted by molar-refractivity contribution is -0.267. The minimum atomic E-state index is -0.198. The summed E-state index contributed by atoms with van der Waals surface area (Å²) >= 11 is 0. The Morgan fingerprint density at radius 1 is 1.00 bits per heavy atom. The molecule has 0 aliphatic rings. The zero-order valence-corrected chi connectivity index (χ0v) is 15.1. The molecule has 0 fully saturated rings. The van der Waals surface area contributed by atoms with Crippen molar-refractivity contribution >= 4 is 5.97 Å². The van der Waals surface area contributed by atoms with E-state index in [2.05, 4.69) is 22.6 Å². The second-order valence-corrected chi connectivity index (χ2v) is 6.16. The Morgan fingerprint density at radius 2 is 1.65 bits per heavy atom. The van der Waals surface area contributed by atoms with Crippen LogP contribution in [0, 0.1) is 0 Å². The first-order valence-corrected chi connectivity index (χ1v) is 9.28. The van der Waals surface area contributed by atoms with Crippen molar-refractivity contribution in [1.82, 2.24) is 0 Å². The van der Waals surface area contributed by atoms with Crippen LogP contribution in [0.4, 0.5) is 0 Å². The van der Waals surface area contributed by atoms with E-state index in [0.717, 1.165) is 38.5 Å². The number of ether oxygens (including phenoxy) is 1. The smallest absolute Gasteiger partial charge is 0.305 e. The number of carbonyl (C=O) groups is 1. The van der Waals surface area contributed by atoms with E-state index in [-0.39, 0.29) is 12.1 Å². The monoisotopic (exact) mass is 328 g/mol. The van der Waals surface area contributed by atoms with Crippen molar-refractivity contribution in [2.75, 3.05) is 7.11 Å². The Balaban J connectivity index is 3.50. The molecule has 0 rings (SSSR count). The highest BCUT2D eigenvalue weighted by atomic mass is 17.1. The molecule has 0 aromatic rings. The van der Waals surface area contributed by atoms with Gasteiger partial charge in [0.2, 0.25) is 0 Å². The Hall–Kier alpha value is -0.870. The lowest BCUT2D eigenvalue weighted by Gasteiger charge is -2.08. The van der Waals surface area contributed by atoms with Crippen molar-refractivity contribution in [3.8, 4) is 0 Å². The lowest BCUT2D eigenvalue weighted by atomic mass is 10.1. The molecule has 0 heterocycles. The van der Waals surface area contributed by atoms with Gasteiger partial charge in [0, 0.05) is 6.42 Å². The maximum absolute atomic E-state index is 11.0. The van der Waals surface area contributed by atoms with Crippen molar-refractivity contribution in [3.63, 3.8) is 0 Å². The van der Waals surface area contributed by atoms with E-state index in [0.29, 0.717) is 6.42 Å². The second-order valence-electron chi connectivity index (χ2n) is 6.16. The van der Waals surface area contributed by atoms with Crippen LogP contribution in [-0.4, -0.2) is 24.4 Å². The van der Waals surface area contributed by atoms with Crippen LogP contribution >= 0.6 is 0 Å². The van der Waals surface area contributed by atoms with Crippen LogP contribution < -0.4 is 0 Å². The molecule has 0 aliphatic heterocycles. The first kappa shape index (κ1) is 22.1. The lowest BCUT2D eigenvalue weighted by Crippen LogP contribution is -2.07. The maximum Gasteiger partial charge on any atom is 0.305 e. The number of allylic oxidation sites excluding steroid dienone is 1. The summed E-state index contributed by atoms with van der Waals surface area (Å²) in [7, 11) is 1.42. The highest BCUT2D eigenvalue weighted by Crippen LogP contribution is 2.12. The van der Waals surface area contributed by atoms with Gasteiger partial charge < -0.3 is 4.74 Å². The summed E-state index contributed by atoms with van der Waals surface area (Å²) in [4.78, 5) is 15.5. The first-order chi connectivity index (χ1) is 11.2. The number of hydrogen-bond acceptors (Lipinski definition) is 4. The van der Waals surface area contributed by atoms with Crippen LogP contribution in [0.15, 0.2) is 12.2 Å². The van der Waals surface area contributed by atoms with E-state index in [1.165, 1.54) is 45.6 Å². The molecule has 23 heavy (non-hydrogen) atoms. The predicted molar refractivity (Wildman–Crippen MR) is 94.4 cm³/mol. The standard InChI is InChI=1S/C19H36O4/c1-3-4-5-6-7-8-9-12-15-18(23-21)16-13-10-11-14-17-19(20)22-2/h12,15,18,21H,3-11,13-14,16-17H2,1-2H3/b15-12+. The van der Waals surface area contributed by atoms with Gasteiger partial charge in [-0.2, -0.15) is 0 Å². The van der Waals surface area contributed by atoms with Crippen LogP contribution in [0.5, 0.6) is 0 Å². The highest BCUT2D eigenvalue weighted by Gasteiger charge is 2.04. The SMILES string of the molecule is CCCCCCCC/C=C/C(CCCCCCC(=O)OC)OO. The van der Waals surface area contributed by atoms with E-state index in [4.69, 9.17) is 5.26 Å². The van der Waals surface area contributed by atoms with Crippen molar-refractivity contribution in [2.45, 2.75) is 96.5 Å². The second kappa shape index (κ2) is 17.5. The third-order valence-corrected chi connectivity index (χ3v) is 4.06. The fraction of sp³-hybridized carbons (Fsp3) is 0.842. The fourth-order valence-electron chi connectivity index (χ4n) is 2.55. The molecule has 0 aliphatic carbocycles. The van der Waals surface area contributed by atoms with Gasteiger partial charge in [-0.25, -0.2) is 4.89 Å². The van der Waals surface area contributed by atoms with Gasteiger partial charge in [-0.1, -0.05) is 70.4 Å². The van der Waals surface area contributed by atoms with Gasteiger partial charge in [0.05, 0.1) is 7.11 Å². The molecule has 0 radical (unpaired) electrons. The van der Waals surface area contributed by atoms with Crippen molar-refractivity contribution in [2.24, 2.45) is 0 Å². The van der Waals surface area contributed by atoms with E-state index >= 15 is 0 Å². The molecule has 1 atom stereocenters. The van der Waals surface area contributed by atoms with Crippen molar-refractivity contribution < 1.29 is 19.7 Å². The van der Waals surface area contributed by atoms with Crippen LogP contribution in [0.25, 0.3) is 0 Å². The molecule has 0 saturated heterocycles. The Morgan fingerprint density at radius 3 is 2.35 bits per heavy atom. The summed E-state index contributed by atoms with van der Waals surface area (Å²) < 4.78 is 4.60. The molecule has 1 unspecified atom stereocenters. The Labute approximate surface area is 142 Å². The van der Waals surface area contributed by atoms with Gasteiger partial charge in [0.25, 0.3) is 0 Å². The normalized spacial score (nSPS) is 12.7. The average Bonchev–Trinajstić information content (AvgIpc) is 2.57. The molecule has 0 aromatic carbocycles. The number of unbranched alkanes of at least 4 members (excludes halogenated alkanes) is 9. The van der Waals surface area contributed by atoms with E-state index in [1.807, 2.05) is 6.08 Å². The molecule has 136 valence electrons. The van der Waals surface area contributed by atoms with Crippen LogP contribution in [0.3, 0.4) is 0 Å². The quantitative estimate of drug-likeness (QED) is 0.130. The number of rotatable bonds is 16. The summed E-state index contributed by atoms with van der Waals surface area (Å²) in [6, 6.07) is 0. The summed E-state index contributed by atoms with van der Waals surface area (Å²) in [5, 5.41) is 8.92. The maximum atomic E-state index is 11.0. The number of methoxy groups -OCH3 is 1. The molecule has 0 amide bonds. The van der Waals surface area contributed by atoms with Crippen molar-refractivity contribution in [1.29, 1.82) is 0 Å². The van der Waals surface area contributed by atoms with Crippen molar-refractivity contribution in [3.05, 3.63) is 12.2 Å². The minimum Gasteiger partial charge on any atom is -0.469 e. The van der Waals surface area contributed by atoms with Gasteiger partial charge in [0.1, 0.15) is 6.10 Å². The largest absolute Gasteiger partial charge is 0.469 e. The van der Waals surface area contributed by atoms with E-state index < -0.39 is 0 Å². The molecular weight excluding hydrogens is 292 g/mol. The molecule has 4 nitrogen and oxygen atoms in total. The molecule has 4 heteroatoms. The summed E-state index contributed by atoms with van der Waals surface area (Å²) in [6.45, 7) is 2.23. The molecule has 0 bridgehead atoms. The summed E-state index contributed by atoms with van der Waals surface area (Å²) in [5.41, 5.74) is 0. The van der Waals surface area contributed by atoms with Crippen LogP contribution in [-0.2, 0) is 14.4 Å². The number of esters is 1.